The fraction of sp³-hybridized carbons (Fsp3) is 0.526. The zero-order chi connectivity index (χ0) is 19.6. The number of allylic oxidation sites excluding steroid dienone is 2. The molecule has 3 rings (SSSR count). The van der Waals surface area contributed by atoms with Crippen molar-refractivity contribution in [3.63, 3.8) is 0 Å². The highest BCUT2D eigenvalue weighted by Crippen LogP contribution is 2.27. The van der Waals surface area contributed by atoms with Crippen LogP contribution in [0, 0.1) is 0 Å². The molecule has 2 N–H and O–H groups in total. The van der Waals surface area contributed by atoms with E-state index in [1.54, 1.807) is 0 Å². The minimum atomic E-state index is -1.09. The van der Waals surface area contributed by atoms with Gasteiger partial charge in [0.2, 0.25) is 0 Å². The maximum atomic E-state index is 12.3. The lowest BCUT2D eigenvalue weighted by atomic mass is 9.88. The molecule has 1 aromatic rings. The molecule has 0 spiro atoms. The Kier molecular flexibility index (Phi) is 5.53. The third-order valence-corrected chi connectivity index (χ3v) is 4.90. The zero-order valence-corrected chi connectivity index (χ0v) is 15.2. The molecule has 0 saturated heterocycles. The molecular weight excluding hydrogens is 352 g/mol. The van der Waals surface area contributed by atoms with Gasteiger partial charge >= 0.3 is 5.97 Å². The first kappa shape index (κ1) is 19.0. The summed E-state index contributed by atoms with van der Waals surface area (Å²) in [6.45, 7) is 1.43. The Morgan fingerprint density at radius 1 is 1.15 bits per heavy atom. The summed E-state index contributed by atoms with van der Waals surface area (Å²) < 4.78 is 5.23. The van der Waals surface area contributed by atoms with Crippen molar-refractivity contribution in [3.05, 3.63) is 28.3 Å². The smallest absolute Gasteiger partial charge is 0.328 e. The van der Waals surface area contributed by atoms with Gasteiger partial charge < -0.3 is 14.7 Å². The second-order valence-corrected chi connectivity index (χ2v) is 6.89. The van der Waals surface area contributed by atoms with Crippen molar-refractivity contribution in [2.75, 3.05) is 0 Å². The summed E-state index contributed by atoms with van der Waals surface area (Å²) >= 11 is 0. The van der Waals surface area contributed by atoms with Crippen LogP contribution in [0.3, 0.4) is 0 Å². The van der Waals surface area contributed by atoms with Gasteiger partial charge in [0, 0.05) is 32.1 Å². The summed E-state index contributed by atoms with van der Waals surface area (Å²) in [5, 5.41) is 23.5. The topological polar surface area (TPSA) is 130 Å². The minimum absolute atomic E-state index is 0.00841. The second-order valence-electron chi connectivity index (χ2n) is 6.89. The Morgan fingerprint density at radius 3 is 2.59 bits per heavy atom. The summed E-state index contributed by atoms with van der Waals surface area (Å²) in [7, 11) is 0. The fourth-order valence-corrected chi connectivity index (χ4v) is 3.49. The number of aromatic nitrogens is 1. The summed E-state index contributed by atoms with van der Waals surface area (Å²) in [4.78, 5) is 39.6. The van der Waals surface area contributed by atoms with Gasteiger partial charge in [-0.3, -0.25) is 14.6 Å². The lowest BCUT2D eigenvalue weighted by Gasteiger charge is -2.18. The molecule has 1 unspecified atom stereocenters. The largest absolute Gasteiger partial charge is 0.511 e. The molecule has 144 valence electrons. The second kappa shape index (κ2) is 7.85. The zero-order valence-electron chi connectivity index (χ0n) is 15.2. The molecule has 0 aliphatic heterocycles. The van der Waals surface area contributed by atoms with Gasteiger partial charge in [-0.05, 0) is 26.2 Å². The number of aliphatic imine (C=N–C) groups is 1. The Balaban J connectivity index is 1.83. The van der Waals surface area contributed by atoms with Crippen LogP contribution in [0.1, 0.15) is 67.3 Å². The van der Waals surface area contributed by atoms with Gasteiger partial charge in [-0.1, -0.05) is 5.16 Å². The SMILES string of the molecule is CC(N=C1CCCC(=O)/C1=C(\O)CCc1noc2c1C(=O)CCC2)C(=O)O. The maximum Gasteiger partial charge on any atom is 0.328 e. The van der Waals surface area contributed by atoms with Crippen LogP contribution in [0.25, 0.3) is 0 Å². The molecule has 0 bridgehead atoms. The molecule has 8 nitrogen and oxygen atoms in total. The predicted molar refractivity (Wildman–Crippen MR) is 95.1 cm³/mol. The van der Waals surface area contributed by atoms with Crippen LogP contribution in [0.4, 0.5) is 0 Å². The average Bonchev–Trinajstić information content (AvgIpc) is 3.04. The number of carbonyl (C=O) groups excluding carboxylic acids is 2. The highest BCUT2D eigenvalue weighted by molar-refractivity contribution is 6.24. The van der Waals surface area contributed by atoms with Crippen molar-refractivity contribution in [2.45, 2.75) is 64.3 Å². The predicted octanol–water partition coefficient (Wildman–Crippen LogP) is 2.61. The highest BCUT2D eigenvalue weighted by atomic mass is 16.5. The monoisotopic (exact) mass is 374 g/mol. The van der Waals surface area contributed by atoms with Crippen LogP contribution >= 0.6 is 0 Å². The van der Waals surface area contributed by atoms with E-state index in [0.717, 1.165) is 6.42 Å². The summed E-state index contributed by atoms with van der Waals surface area (Å²) in [6, 6.07) is -0.992. The lowest BCUT2D eigenvalue weighted by Crippen LogP contribution is -2.25. The van der Waals surface area contributed by atoms with Gasteiger partial charge in [0.05, 0.1) is 22.5 Å². The van der Waals surface area contributed by atoms with Crippen molar-refractivity contribution in [1.29, 1.82) is 0 Å². The highest BCUT2D eigenvalue weighted by Gasteiger charge is 2.29. The van der Waals surface area contributed by atoms with Crippen LogP contribution in [0.2, 0.25) is 0 Å². The van der Waals surface area contributed by atoms with Crippen molar-refractivity contribution in [1.82, 2.24) is 5.16 Å². The van der Waals surface area contributed by atoms with Gasteiger partial charge in [-0.25, -0.2) is 4.79 Å². The number of hydrogen-bond donors (Lipinski definition) is 2. The first-order chi connectivity index (χ1) is 12.9. The van der Waals surface area contributed by atoms with E-state index in [4.69, 9.17) is 9.63 Å². The van der Waals surface area contributed by atoms with Gasteiger partial charge in [-0.15, -0.1) is 0 Å². The molecular formula is C19H22N2O6. The first-order valence-corrected chi connectivity index (χ1v) is 9.14. The standard InChI is InChI=1S/C19H22N2O6/c1-10(19(25)26)20-11-4-2-5-13(22)17(11)15(24)9-8-12-18-14(23)6-3-7-16(18)27-21-12/h10,24H,2-9H2,1H3,(H,25,26)/b17-15-,20-11?. The van der Waals surface area contributed by atoms with Crippen LogP contribution in [0.5, 0.6) is 0 Å². The molecule has 1 atom stereocenters. The quantitative estimate of drug-likeness (QED) is 0.598. The number of carboxylic acid groups (broad SMARTS) is 1. The van der Waals surface area contributed by atoms with Gasteiger partial charge in [0.1, 0.15) is 17.6 Å². The molecule has 1 heterocycles. The van der Waals surface area contributed by atoms with E-state index in [1.807, 2.05) is 0 Å². The number of fused-ring (bicyclic) bond motifs is 1. The van der Waals surface area contributed by atoms with Crippen LogP contribution in [-0.2, 0) is 22.4 Å². The number of carbonyl (C=O) groups is 3. The summed E-state index contributed by atoms with van der Waals surface area (Å²) in [5.41, 5.74) is 1.43. The van der Waals surface area contributed by atoms with Gasteiger partial charge in [-0.2, -0.15) is 0 Å². The van der Waals surface area contributed by atoms with Gasteiger partial charge in [0.15, 0.2) is 11.6 Å². The number of rotatable bonds is 5. The maximum absolute atomic E-state index is 12.3. The first-order valence-electron chi connectivity index (χ1n) is 9.14. The van der Waals surface area contributed by atoms with E-state index < -0.39 is 12.0 Å². The van der Waals surface area contributed by atoms with Crippen molar-refractivity contribution in [3.8, 4) is 0 Å². The number of nitrogens with zero attached hydrogens (tertiary/aromatic N) is 2. The Morgan fingerprint density at radius 2 is 1.85 bits per heavy atom. The molecule has 0 aromatic carbocycles. The van der Waals surface area contributed by atoms with Crippen LogP contribution < -0.4 is 0 Å². The van der Waals surface area contributed by atoms with Crippen LogP contribution in [0.15, 0.2) is 20.8 Å². The number of carboxylic acids is 1. The van der Waals surface area contributed by atoms with E-state index >= 15 is 0 Å². The number of Topliss-reactive ketones (excluding diaryl/α,β-unsaturated/α-hetero) is 2. The Hall–Kier alpha value is -2.77. The Bertz CT molecular complexity index is 848. The van der Waals surface area contributed by atoms with E-state index in [-0.39, 0.29) is 42.2 Å². The van der Waals surface area contributed by atoms with Crippen molar-refractivity contribution in [2.24, 2.45) is 4.99 Å². The molecule has 2 aliphatic rings. The van der Waals surface area contributed by atoms with E-state index in [1.165, 1.54) is 6.92 Å². The number of hydrogen-bond acceptors (Lipinski definition) is 7. The molecule has 2 aliphatic carbocycles. The molecule has 1 fully saturated rings. The molecule has 27 heavy (non-hydrogen) atoms. The molecule has 1 saturated carbocycles. The fourth-order valence-electron chi connectivity index (χ4n) is 3.49. The number of aliphatic hydroxyl groups is 1. The number of aryl methyl sites for hydroxylation is 2. The summed E-state index contributed by atoms with van der Waals surface area (Å²) in [6.07, 6.45) is 3.54. The molecule has 1 aromatic heterocycles. The molecule has 0 radical (unpaired) electrons. The number of ketones is 2. The van der Waals surface area contributed by atoms with Crippen molar-refractivity contribution >= 4 is 23.2 Å². The lowest BCUT2D eigenvalue weighted by molar-refractivity contribution is -0.138. The van der Waals surface area contributed by atoms with Crippen LogP contribution in [-0.4, -0.2) is 44.7 Å². The van der Waals surface area contributed by atoms with E-state index in [9.17, 15) is 19.5 Å². The van der Waals surface area contributed by atoms with E-state index in [2.05, 4.69) is 10.1 Å². The third-order valence-electron chi connectivity index (χ3n) is 4.90. The normalized spacial score (nSPS) is 21.9. The minimum Gasteiger partial charge on any atom is -0.511 e. The average molecular weight is 374 g/mol. The molecule has 8 heteroatoms. The third kappa shape index (κ3) is 3.99. The number of aliphatic hydroxyl groups excluding tert-OH is 1. The molecule has 0 amide bonds. The van der Waals surface area contributed by atoms with Gasteiger partial charge in [0.25, 0.3) is 0 Å². The number of aliphatic carboxylic acids is 1. The van der Waals surface area contributed by atoms with Crippen molar-refractivity contribution < 1.29 is 29.1 Å². The Labute approximate surface area is 156 Å². The van der Waals surface area contributed by atoms with E-state index in [0.29, 0.717) is 48.4 Å². The summed E-state index contributed by atoms with van der Waals surface area (Å²) in [5.74, 6) is -0.901.